The van der Waals surface area contributed by atoms with Crippen LogP contribution in [-0.2, 0) is 4.79 Å². The summed E-state index contributed by atoms with van der Waals surface area (Å²) in [7, 11) is 4.62. The normalized spacial score (nSPS) is 10.7. The van der Waals surface area contributed by atoms with Gasteiger partial charge in [0.15, 0.2) is 16.7 Å². The van der Waals surface area contributed by atoms with Gasteiger partial charge >= 0.3 is 0 Å². The molecule has 1 heterocycles. The van der Waals surface area contributed by atoms with Crippen LogP contribution in [-0.4, -0.2) is 49.2 Å². The molecular formula is C18H22N4O4S. The van der Waals surface area contributed by atoms with E-state index in [1.165, 1.54) is 25.1 Å². The molecule has 9 heteroatoms. The van der Waals surface area contributed by atoms with Gasteiger partial charge in [0.1, 0.15) is 5.75 Å². The van der Waals surface area contributed by atoms with Crippen LogP contribution in [0.2, 0.25) is 0 Å². The molecule has 0 radical (unpaired) electrons. The van der Waals surface area contributed by atoms with E-state index in [1.807, 2.05) is 19.9 Å². The third-order valence-corrected chi connectivity index (χ3v) is 4.27. The Balaban J connectivity index is 1.99. The van der Waals surface area contributed by atoms with Gasteiger partial charge in [-0.15, -0.1) is 0 Å². The summed E-state index contributed by atoms with van der Waals surface area (Å²) in [6.07, 6.45) is 1.48. The number of aryl methyl sites for hydroxylation is 2. The van der Waals surface area contributed by atoms with E-state index in [2.05, 4.69) is 20.5 Å². The molecule has 0 saturated heterocycles. The molecule has 8 nitrogen and oxygen atoms in total. The molecule has 0 atom stereocenters. The Morgan fingerprint density at radius 3 is 2.22 bits per heavy atom. The maximum atomic E-state index is 12.0. The number of thioether (sulfide) groups is 1. The summed E-state index contributed by atoms with van der Waals surface area (Å²) < 4.78 is 15.8. The summed E-state index contributed by atoms with van der Waals surface area (Å²) in [5.41, 5.74) is 4.84. The van der Waals surface area contributed by atoms with Gasteiger partial charge in [0, 0.05) is 23.0 Å². The predicted octanol–water partition coefficient (Wildman–Crippen LogP) is 2.36. The lowest BCUT2D eigenvalue weighted by molar-refractivity contribution is -0.118. The van der Waals surface area contributed by atoms with Crippen LogP contribution in [0.1, 0.15) is 17.0 Å². The van der Waals surface area contributed by atoms with Crippen molar-refractivity contribution in [1.29, 1.82) is 0 Å². The van der Waals surface area contributed by atoms with Gasteiger partial charge in [0.05, 0.1) is 33.3 Å². The number of hydrogen-bond donors (Lipinski definition) is 1. The zero-order valence-corrected chi connectivity index (χ0v) is 16.7. The zero-order valence-electron chi connectivity index (χ0n) is 15.9. The van der Waals surface area contributed by atoms with Crippen molar-refractivity contribution in [3.8, 4) is 17.2 Å². The average molecular weight is 390 g/mol. The number of aromatic nitrogens is 2. The molecule has 2 rings (SSSR count). The highest BCUT2D eigenvalue weighted by atomic mass is 32.2. The second-order valence-corrected chi connectivity index (χ2v) is 6.41. The van der Waals surface area contributed by atoms with Gasteiger partial charge in [-0.05, 0) is 26.0 Å². The minimum atomic E-state index is -0.265. The fourth-order valence-corrected chi connectivity index (χ4v) is 2.99. The minimum absolute atomic E-state index is 0.156. The SMILES string of the molecule is COc1cc(OC)c(OC)cc1C=NNC(=O)CSc1nc(C)cc(C)n1. The van der Waals surface area contributed by atoms with Crippen LogP contribution in [0.25, 0.3) is 0 Å². The monoisotopic (exact) mass is 390 g/mol. The molecule has 0 saturated carbocycles. The molecule has 1 aromatic carbocycles. The molecule has 1 N–H and O–H groups in total. The van der Waals surface area contributed by atoms with Crippen LogP contribution in [0.5, 0.6) is 17.2 Å². The fraction of sp³-hybridized carbons (Fsp3) is 0.333. The first kappa shape index (κ1) is 20.5. The summed E-state index contributed by atoms with van der Waals surface area (Å²) in [5.74, 6) is 1.51. The number of amides is 1. The number of hydrogen-bond acceptors (Lipinski definition) is 8. The minimum Gasteiger partial charge on any atom is -0.496 e. The molecule has 0 spiro atoms. The van der Waals surface area contributed by atoms with Crippen LogP contribution in [0.15, 0.2) is 28.5 Å². The third kappa shape index (κ3) is 5.85. The number of nitrogens with zero attached hydrogens (tertiary/aromatic N) is 3. The molecule has 0 bridgehead atoms. The van der Waals surface area contributed by atoms with Gasteiger partial charge in [-0.3, -0.25) is 4.79 Å². The smallest absolute Gasteiger partial charge is 0.250 e. The fourth-order valence-electron chi connectivity index (χ4n) is 2.25. The summed E-state index contributed by atoms with van der Waals surface area (Å²) in [6.45, 7) is 3.78. The van der Waals surface area contributed by atoms with E-state index in [1.54, 1.807) is 26.4 Å². The van der Waals surface area contributed by atoms with E-state index >= 15 is 0 Å². The van der Waals surface area contributed by atoms with Crippen LogP contribution in [0.4, 0.5) is 0 Å². The summed E-state index contributed by atoms with van der Waals surface area (Å²) >= 11 is 1.25. The molecule has 0 aliphatic carbocycles. The number of methoxy groups -OCH3 is 3. The van der Waals surface area contributed by atoms with E-state index < -0.39 is 0 Å². The number of benzene rings is 1. The molecule has 144 valence electrons. The summed E-state index contributed by atoms with van der Waals surface area (Å²) in [5, 5.41) is 4.54. The number of carbonyl (C=O) groups excluding carboxylic acids is 1. The Morgan fingerprint density at radius 2 is 1.63 bits per heavy atom. The Bertz CT molecular complexity index is 822. The van der Waals surface area contributed by atoms with Crippen molar-refractivity contribution in [2.24, 2.45) is 5.10 Å². The first-order chi connectivity index (χ1) is 13.0. The molecular weight excluding hydrogens is 368 g/mol. The first-order valence-electron chi connectivity index (χ1n) is 8.03. The van der Waals surface area contributed by atoms with Crippen molar-refractivity contribution in [3.63, 3.8) is 0 Å². The van der Waals surface area contributed by atoms with E-state index in [0.717, 1.165) is 11.4 Å². The van der Waals surface area contributed by atoms with Crippen molar-refractivity contribution in [3.05, 3.63) is 35.2 Å². The standard InChI is InChI=1S/C18H22N4O4S/c1-11-6-12(2)21-18(20-11)27-10-17(23)22-19-9-13-7-15(25-4)16(26-5)8-14(13)24-3/h6-9H,10H2,1-5H3,(H,22,23). The quantitative estimate of drug-likeness (QED) is 0.320. The molecule has 0 unspecified atom stereocenters. The average Bonchev–Trinajstić information content (AvgIpc) is 2.65. The molecule has 0 aliphatic rings. The lowest BCUT2D eigenvalue weighted by Gasteiger charge is -2.11. The molecule has 2 aromatic rings. The first-order valence-corrected chi connectivity index (χ1v) is 9.02. The van der Waals surface area contributed by atoms with Gasteiger partial charge in [-0.1, -0.05) is 11.8 Å². The van der Waals surface area contributed by atoms with Crippen molar-refractivity contribution in [2.75, 3.05) is 27.1 Å². The highest BCUT2D eigenvalue weighted by Gasteiger charge is 2.11. The molecule has 0 aliphatic heterocycles. The number of hydrazone groups is 1. The van der Waals surface area contributed by atoms with Gasteiger partial charge < -0.3 is 14.2 Å². The molecule has 0 fully saturated rings. The van der Waals surface area contributed by atoms with Gasteiger partial charge in [-0.2, -0.15) is 5.10 Å². The lowest BCUT2D eigenvalue weighted by Crippen LogP contribution is -2.20. The highest BCUT2D eigenvalue weighted by Crippen LogP contribution is 2.33. The zero-order chi connectivity index (χ0) is 19.8. The predicted molar refractivity (Wildman–Crippen MR) is 104 cm³/mol. The van der Waals surface area contributed by atoms with Crippen LogP contribution in [0, 0.1) is 13.8 Å². The van der Waals surface area contributed by atoms with E-state index in [9.17, 15) is 4.79 Å². The molecule has 1 aromatic heterocycles. The Hall–Kier alpha value is -2.81. The topological polar surface area (TPSA) is 94.9 Å². The van der Waals surface area contributed by atoms with Crippen molar-refractivity contribution in [1.82, 2.24) is 15.4 Å². The second kappa shape index (κ2) is 9.77. The number of ether oxygens (including phenoxy) is 3. The van der Waals surface area contributed by atoms with Crippen LogP contribution < -0.4 is 19.6 Å². The summed E-state index contributed by atoms with van der Waals surface area (Å²) in [4.78, 5) is 20.5. The Morgan fingerprint density at radius 1 is 1.04 bits per heavy atom. The van der Waals surface area contributed by atoms with Gasteiger partial charge in [0.2, 0.25) is 0 Å². The van der Waals surface area contributed by atoms with Crippen LogP contribution >= 0.6 is 11.8 Å². The number of nitrogens with one attached hydrogen (secondary N) is 1. The second-order valence-electron chi connectivity index (χ2n) is 5.46. The lowest BCUT2D eigenvalue weighted by atomic mass is 10.2. The molecule has 27 heavy (non-hydrogen) atoms. The largest absolute Gasteiger partial charge is 0.496 e. The van der Waals surface area contributed by atoms with Crippen molar-refractivity contribution >= 4 is 23.9 Å². The van der Waals surface area contributed by atoms with Gasteiger partial charge in [0.25, 0.3) is 5.91 Å². The van der Waals surface area contributed by atoms with Gasteiger partial charge in [-0.25, -0.2) is 15.4 Å². The molecule has 1 amide bonds. The Labute approximate surface area is 162 Å². The van der Waals surface area contributed by atoms with E-state index in [-0.39, 0.29) is 11.7 Å². The highest BCUT2D eigenvalue weighted by molar-refractivity contribution is 7.99. The number of rotatable bonds is 8. The van der Waals surface area contributed by atoms with E-state index in [4.69, 9.17) is 14.2 Å². The van der Waals surface area contributed by atoms with Crippen molar-refractivity contribution in [2.45, 2.75) is 19.0 Å². The number of carbonyl (C=O) groups is 1. The third-order valence-electron chi connectivity index (χ3n) is 3.42. The van der Waals surface area contributed by atoms with Crippen molar-refractivity contribution < 1.29 is 19.0 Å². The maximum Gasteiger partial charge on any atom is 0.250 e. The van der Waals surface area contributed by atoms with Crippen LogP contribution in [0.3, 0.4) is 0 Å². The van der Waals surface area contributed by atoms with E-state index in [0.29, 0.717) is 28.0 Å². The maximum absolute atomic E-state index is 12.0. The summed E-state index contributed by atoms with van der Waals surface area (Å²) in [6, 6.07) is 5.28. The Kier molecular flexibility index (Phi) is 7.42.